The van der Waals surface area contributed by atoms with Gasteiger partial charge in [0.2, 0.25) is 0 Å². The Labute approximate surface area is 126 Å². The molecule has 0 unspecified atom stereocenters. The third-order valence-electron chi connectivity index (χ3n) is 2.87. The van der Waals surface area contributed by atoms with Gasteiger partial charge < -0.3 is 9.45 Å². The Morgan fingerprint density at radius 2 is 1.95 bits per heavy atom. The fourth-order valence-corrected chi connectivity index (χ4v) is 2.94. The highest BCUT2D eigenvalue weighted by atomic mass is 32.2. The molecule has 2 aliphatic heterocycles. The Balaban J connectivity index is 0.000000192. The molecule has 122 valence electrons. The molecule has 1 aromatic heterocycles. The summed E-state index contributed by atoms with van der Waals surface area (Å²) in [5.74, 6) is 0. The van der Waals surface area contributed by atoms with Crippen LogP contribution < -0.4 is 10.1 Å². The van der Waals surface area contributed by atoms with Crippen molar-refractivity contribution in [1.82, 2.24) is 14.4 Å². The van der Waals surface area contributed by atoms with E-state index in [9.17, 15) is 13.2 Å². The van der Waals surface area contributed by atoms with Crippen molar-refractivity contribution in [3.63, 3.8) is 0 Å². The molecule has 0 aliphatic carbocycles. The van der Waals surface area contributed by atoms with Gasteiger partial charge in [0.1, 0.15) is 12.4 Å². The van der Waals surface area contributed by atoms with Crippen LogP contribution in [-0.2, 0) is 23.8 Å². The summed E-state index contributed by atoms with van der Waals surface area (Å²) in [6, 6.07) is 0. The summed E-state index contributed by atoms with van der Waals surface area (Å²) in [4.78, 5) is 4.45. The molecular weight excluding hydrogens is 344 g/mol. The normalized spacial score (nSPS) is 17.5. The quantitative estimate of drug-likeness (QED) is 0.277. The Morgan fingerprint density at radius 3 is 2.50 bits per heavy atom. The number of hydrogen-bond donors (Lipinski definition) is 0. The molecule has 12 heteroatoms. The van der Waals surface area contributed by atoms with Gasteiger partial charge in [-0.2, -0.15) is 13.2 Å². The van der Waals surface area contributed by atoms with Crippen LogP contribution in [-0.4, -0.2) is 45.4 Å². The molecule has 0 N–H and O–H groups in total. The number of imidazole rings is 1. The molecule has 0 atom stereocenters. The van der Waals surface area contributed by atoms with Crippen molar-refractivity contribution in [1.29, 1.82) is 0 Å². The Bertz CT molecular complexity index is 741. The second-order valence-electron chi connectivity index (χ2n) is 4.51. The highest BCUT2D eigenvalue weighted by molar-refractivity contribution is 7.86. The van der Waals surface area contributed by atoms with Crippen LogP contribution in [0.4, 0.5) is 13.2 Å². The van der Waals surface area contributed by atoms with E-state index in [1.54, 1.807) is 0 Å². The summed E-state index contributed by atoms with van der Waals surface area (Å²) in [7, 11) is -0.629. The monoisotopic (exact) mass is 356 g/mol. The van der Waals surface area contributed by atoms with Gasteiger partial charge in [-0.05, 0) is 0 Å². The lowest BCUT2D eigenvalue weighted by atomic mass is 10.7. The van der Waals surface area contributed by atoms with Gasteiger partial charge in [-0.1, -0.05) is 0 Å². The van der Waals surface area contributed by atoms with Gasteiger partial charge >= 0.3 is 11.1 Å². The summed E-state index contributed by atoms with van der Waals surface area (Å²) < 4.78 is 63.4. The van der Waals surface area contributed by atoms with Crippen molar-refractivity contribution < 1.29 is 30.7 Å². The number of fused-ring (bicyclic) bond motifs is 2. The summed E-state index contributed by atoms with van der Waals surface area (Å²) in [6.45, 7) is 0.930. The summed E-state index contributed by atoms with van der Waals surface area (Å²) in [5, 5.41) is 0. The molecule has 3 rings (SSSR count). The average Bonchev–Trinajstić information content (AvgIpc) is 2.91. The lowest BCUT2D eigenvalue weighted by Gasteiger charge is -2.22. The third-order valence-corrected chi connectivity index (χ3v) is 4.99. The molecule has 0 fully saturated rings. The molecule has 1 aromatic rings. The lowest BCUT2D eigenvalue weighted by molar-refractivity contribution is -0.652. The van der Waals surface area contributed by atoms with Crippen molar-refractivity contribution in [3.8, 4) is 0 Å². The van der Waals surface area contributed by atoms with Crippen LogP contribution >= 0.6 is 8.20 Å². The van der Waals surface area contributed by atoms with Crippen molar-refractivity contribution in [2.75, 3.05) is 7.05 Å². The maximum atomic E-state index is 10.7. The van der Waals surface area contributed by atoms with E-state index in [4.69, 9.17) is 13.0 Å². The first kappa shape index (κ1) is 16.8. The van der Waals surface area contributed by atoms with Crippen LogP contribution in [0.25, 0.3) is 0 Å². The highest BCUT2D eigenvalue weighted by Crippen LogP contribution is 2.20. The highest BCUT2D eigenvalue weighted by Gasteiger charge is 2.37. The van der Waals surface area contributed by atoms with E-state index in [1.807, 2.05) is 0 Å². The zero-order valence-electron chi connectivity index (χ0n) is 11.5. The molecule has 7 nitrogen and oxygen atoms in total. The molecule has 0 aromatic carbocycles. The second-order valence-corrected chi connectivity index (χ2v) is 6.91. The number of nitrogens with zero attached hydrogens (tertiary/aromatic N) is 4. The predicted molar refractivity (Wildman–Crippen MR) is 71.7 cm³/mol. The summed E-state index contributed by atoms with van der Waals surface area (Å²) in [6.07, 6.45) is 8.47. The maximum Gasteiger partial charge on any atom is 0.485 e. The Hall–Kier alpha value is -1.58. The van der Waals surface area contributed by atoms with E-state index in [-0.39, 0.29) is 0 Å². The van der Waals surface area contributed by atoms with E-state index in [0.717, 1.165) is 6.67 Å². The summed E-state index contributed by atoms with van der Waals surface area (Å²) >= 11 is 0. The molecule has 22 heavy (non-hydrogen) atoms. The van der Waals surface area contributed by atoms with E-state index >= 15 is 0 Å². The number of rotatable bonds is 0. The molecule has 0 saturated heterocycles. The molecule has 0 amide bonds. The SMILES string of the molecule is CN1C=CN2Cn3cc[n+](C)c3P=C12.O=S(=O)([O-])C(F)(F)F. The second kappa shape index (κ2) is 5.56. The van der Waals surface area contributed by atoms with Crippen LogP contribution in [0, 0.1) is 0 Å². The largest absolute Gasteiger partial charge is 0.741 e. The van der Waals surface area contributed by atoms with Crippen molar-refractivity contribution in [2.24, 2.45) is 7.05 Å². The number of hydrogen-bond acceptors (Lipinski definition) is 5. The van der Waals surface area contributed by atoms with E-state index in [2.05, 4.69) is 57.8 Å². The van der Waals surface area contributed by atoms with E-state index < -0.39 is 15.6 Å². The number of alkyl halides is 3. The smallest absolute Gasteiger partial charge is 0.485 e. The number of halogens is 3. The fraction of sp³-hybridized carbons (Fsp3) is 0.400. The Morgan fingerprint density at radius 1 is 1.36 bits per heavy atom. The first-order valence-corrected chi connectivity index (χ1v) is 8.14. The average molecular weight is 356 g/mol. The fourth-order valence-electron chi connectivity index (χ4n) is 1.79. The Kier molecular flexibility index (Phi) is 4.24. The minimum Gasteiger partial charge on any atom is -0.741 e. The van der Waals surface area contributed by atoms with Crippen LogP contribution in [0.1, 0.15) is 0 Å². The van der Waals surface area contributed by atoms with E-state index in [0.29, 0.717) is 0 Å². The van der Waals surface area contributed by atoms with Gasteiger partial charge in [-0.25, -0.2) is 17.6 Å². The topological polar surface area (TPSA) is 72.5 Å². The van der Waals surface area contributed by atoms with Crippen LogP contribution in [0.15, 0.2) is 24.8 Å². The first-order chi connectivity index (χ1) is 10.0. The van der Waals surface area contributed by atoms with Gasteiger partial charge in [-0.15, -0.1) is 0 Å². The molecule has 0 saturated carbocycles. The van der Waals surface area contributed by atoms with Gasteiger partial charge in [0.05, 0.1) is 15.3 Å². The van der Waals surface area contributed by atoms with Crippen molar-refractivity contribution in [2.45, 2.75) is 12.2 Å². The van der Waals surface area contributed by atoms with Crippen LogP contribution in [0.2, 0.25) is 0 Å². The summed E-state index contributed by atoms with van der Waals surface area (Å²) in [5.41, 5.74) is -2.97. The standard InChI is InChI=1S/C9H12N4P.CHF3O3S/c1-10-3-5-12-7-13-6-4-11(2)9(13)14-8(10)12;2-1(3,4)8(5,6)7/h3-6H,7H2,1-2H3;(H,5,6,7)/q+1;/p-1. The minimum absolute atomic E-state index is 0.930. The zero-order chi connectivity index (χ0) is 16.7. The van der Waals surface area contributed by atoms with Crippen LogP contribution in [0.3, 0.4) is 0 Å². The first-order valence-electron chi connectivity index (χ1n) is 5.84. The molecular formula is C10H12F3N4O3PS. The van der Waals surface area contributed by atoms with Gasteiger partial charge in [0.15, 0.2) is 22.3 Å². The lowest BCUT2D eigenvalue weighted by Crippen LogP contribution is -2.48. The van der Waals surface area contributed by atoms with Crippen molar-refractivity contribution >= 4 is 29.4 Å². The molecule has 0 bridgehead atoms. The number of aromatic nitrogens is 2. The third kappa shape index (κ3) is 3.26. The molecule has 0 spiro atoms. The maximum absolute atomic E-state index is 10.7. The zero-order valence-corrected chi connectivity index (χ0v) is 13.2. The van der Waals surface area contributed by atoms with Crippen LogP contribution in [0.5, 0.6) is 0 Å². The minimum atomic E-state index is -6.09. The van der Waals surface area contributed by atoms with Gasteiger partial charge in [0.25, 0.3) is 0 Å². The van der Waals surface area contributed by atoms with Crippen molar-refractivity contribution in [3.05, 3.63) is 24.8 Å². The predicted octanol–water partition coefficient (Wildman–Crippen LogP) is -0.287. The van der Waals surface area contributed by atoms with Gasteiger partial charge in [0, 0.05) is 19.4 Å². The molecule has 2 aliphatic rings. The molecule has 3 heterocycles. The number of aryl methyl sites for hydroxylation is 1. The van der Waals surface area contributed by atoms with Gasteiger partial charge in [-0.3, -0.25) is 4.90 Å². The molecule has 0 radical (unpaired) electrons. The van der Waals surface area contributed by atoms with E-state index in [1.165, 1.54) is 19.3 Å².